The van der Waals surface area contributed by atoms with Gasteiger partial charge in [-0.1, -0.05) is 0 Å². The van der Waals surface area contributed by atoms with Gasteiger partial charge in [-0.05, 0) is 44.0 Å². The Balaban J connectivity index is 0.00000144. The van der Waals surface area contributed by atoms with Crippen LogP contribution in [0.5, 0.6) is 5.75 Å². The van der Waals surface area contributed by atoms with Crippen molar-refractivity contribution in [1.29, 1.82) is 5.41 Å². The number of halogens is 3. The number of amidine groups is 1. The van der Waals surface area contributed by atoms with Gasteiger partial charge in [-0.25, -0.2) is 0 Å². The van der Waals surface area contributed by atoms with Crippen molar-refractivity contribution in [2.24, 2.45) is 5.73 Å². The molecule has 1 heterocycles. The molecule has 0 atom stereocenters. The van der Waals surface area contributed by atoms with Gasteiger partial charge in [-0.15, -0.1) is 23.7 Å². The summed E-state index contributed by atoms with van der Waals surface area (Å²) in [6, 6.07) is 3.80. The average molecular weight is 401 g/mol. The minimum Gasteiger partial charge on any atom is -0.495 e. The summed E-state index contributed by atoms with van der Waals surface area (Å²) in [6.45, 7) is 0. The molecule has 0 aliphatic rings. The summed E-state index contributed by atoms with van der Waals surface area (Å²) in [6.07, 6.45) is 0. The molecule has 0 saturated carbocycles. The number of nitrogen functional groups attached to an aromatic ring is 1. The maximum absolute atomic E-state index is 7.44. The second-order valence-corrected chi connectivity index (χ2v) is 5.90. The summed E-state index contributed by atoms with van der Waals surface area (Å²) in [5, 5.41) is 8.40. The molecule has 0 aliphatic heterocycles. The van der Waals surface area contributed by atoms with E-state index in [9.17, 15) is 0 Å². The Bertz CT molecular complexity index is 585. The van der Waals surface area contributed by atoms with Crippen LogP contribution >= 0.6 is 55.6 Å². The van der Waals surface area contributed by atoms with Crippen molar-refractivity contribution in [2.45, 2.75) is 0 Å². The van der Waals surface area contributed by atoms with E-state index < -0.39 is 0 Å². The molecule has 2 aromatic rings. The minimum absolute atomic E-state index is 0. The van der Waals surface area contributed by atoms with Crippen molar-refractivity contribution >= 4 is 71.5 Å². The third-order valence-electron chi connectivity index (χ3n) is 2.13. The Hall–Kier alpha value is -0.300. The number of benzene rings is 1. The highest BCUT2D eigenvalue weighted by Gasteiger charge is 2.14. The van der Waals surface area contributed by atoms with E-state index >= 15 is 0 Å². The Morgan fingerprint density at radius 1 is 1.35 bits per heavy atom. The molecule has 3 nitrogen and oxygen atoms in total. The van der Waals surface area contributed by atoms with Gasteiger partial charge in [0, 0.05) is 9.86 Å². The molecule has 7 heteroatoms. The summed E-state index contributed by atoms with van der Waals surface area (Å²) in [4.78, 5) is 0.743. The molecule has 17 heavy (non-hydrogen) atoms. The lowest BCUT2D eigenvalue weighted by atomic mass is 10.2. The van der Waals surface area contributed by atoms with E-state index in [0.29, 0.717) is 0 Å². The second-order valence-electron chi connectivity index (χ2n) is 3.14. The number of methoxy groups -OCH3 is 1. The van der Waals surface area contributed by atoms with Crippen LogP contribution in [-0.2, 0) is 0 Å². The van der Waals surface area contributed by atoms with Crippen molar-refractivity contribution in [1.82, 2.24) is 0 Å². The van der Waals surface area contributed by atoms with Gasteiger partial charge in [-0.3, -0.25) is 5.41 Å². The monoisotopic (exact) mass is 398 g/mol. The van der Waals surface area contributed by atoms with Gasteiger partial charge in [0.2, 0.25) is 0 Å². The molecular weight excluding hydrogens is 391 g/mol. The molecule has 0 amide bonds. The van der Waals surface area contributed by atoms with Gasteiger partial charge in [0.05, 0.1) is 21.2 Å². The highest BCUT2D eigenvalue weighted by Crippen LogP contribution is 2.42. The van der Waals surface area contributed by atoms with E-state index in [0.717, 1.165) is 29.7 Å². The van der Waals surface area contributed by atoms with Crippen molar-refractivity contribution in [3.05, 3.63) is 26.0 Å². The highest BCUT2D eigenvalue weighted by atomic mass is 79.9. The number of nitrogens with one attached hydrogen (secondary N) is 1. The first kappa shape index (κ1) is 14.8. The molecule has 1 aromatic carbocycles. The van der Waals surface area contributed by atoms with Crippen molar-refractivity contribution in [3.63, 3.8) is 0 Å². The summed E-state index contributed by atoms with van der Waals surface area (Å²) in [5.41, 5.74) is 5.48. The summed E-state index contributed by atoms with van der Waals surface area (Å²) in [7, 11) is 1.62. The topological polar surface area (TPSA) is 59.1 Å². The summed E-state index contributed by atoms with van der Waals surface area (Å²) in [5.74, 6) is 0.841. The van der Waals surface area contributed by atoms with Crippen molar-refractivity contribution < 1.29 is 4.74 Å². The van der Waals surface area contributed by atoms with Crippen LogP contribution in [0.25, 0.3) is 10.1 Å². The SMILES string of the molecule is COc1c(Br)cc(Br)c2sc(C(=N)N)cc12.Cl. The zero-order chi connectivity index (χ0) is 11.9. The number of rotatable bonds is 2. The van der Waals surface area contributed by atoms with Gasteiger partial charge in [0.15, 0.2) is 0 Å². The molecule has 0 unspecified atom stereocenters. The van der Waals surface area contributed by atoms with E-state index in [-0.39, 0.29) is 18.2 Å². The lowest BCUT2D eigenvalue weighted by Gasteiger charge is -2.05. The maximum Gasteiger partial charge on any atom is 0.141 e. The number of ether oxygens (including phenoxy) is 1. The fourth-order valence-electron chi connectivity index (χ4n) is 1.45. The third-order valence-corrected chi connectivity index (χ3v) is 4.81. The Labute approximate surface area is 126 Å². The first-order valence-electron chi connectivity index (χ1n) is 4.34. The van der Waals surface area contributed by atoms with Gasteiger partial charge < -0.3 is 10.5 Å². The fourth-order valence-corrected chi connectivity index (χ4v) is 3.97. The largest absolute Gasteiger partial charge is 0.495 e. The maximum atomic E-state index is 7.44. The zero-order valence-corrected chi connectivity index (χ0v) is 13.5. The summed E-state index contributed by atoms with van der Waals surface area (Å²) >= 11 is 8.40. The van der Waals surface area contributed by atoms with Gasteiger partial charge in [-0.2, -0.15) is 0 Å². The summed E-state index contributed by atoms with van der Waals surface area (Å²) < 4.78 is 8.21. The van der Waals surface area contributed by atoms with Crippen molar-refractivity contribution in [2.75, 3.05) is 7.11 Å². The number of nitrogens with two attached hydrogens (primary N) is 1. The van der Waals surface area contributed by atoms with Crippen LogP contribution in [0, 0.1) is 5.41 Å². The number of hydrogen-bond acceptors (Lipinski definition) is 3. The van der Waals surface area contributed by atoms with Gasteiger partial charge in [0.25, 0.3) is 0 Å². The lowest BCUT2D eigenvalue weighted by molar-refractivity contribution is 0.417. The van der Waals surface area contributed by atoms with Crippen LogP contribution in [0.4, 0.5) is 0 Å². The highest BCUT2D eigenvalue weighted by molar-refractivity contribution is 9.11. The molecule has 2 rings (SSSR count). The standard InChI is InChI=1S/C10H8Br2N2OS.ClH/c1-15-8-4-2-7(10(13)14)16-9(4)6(12)3-5(8)11;/h2-3H,1H3,(H3,13,14);1H. The Morgan fingerprint density at radius 3 is 2.53 bits per heavy atom. The Morgan fingerprint density at radius 2 is 2.00 bits per heavy atom. The zero-order valence-electron chi connectivity index (χ0n) is 8.71. The first-order chi connectivity index (χ1) is 7.54. The van der Waals surface area contributed by atoms with Crippen LogP contribution < -0.4 is 10.5 Å². The molecule has 3 N–H and O–H groups in total. The molecule has 1 aromatic heterocycles. The molecule has 0 spiro atoms. The lowest BCUT2D eigenvalue weighted by Crippen LogP contribution is -2.08. The predicted molar refractivity (Wildman–Crippen MR) is 82.0 cm³/mol. The van der Waals surface area contributed by atoms with Crippen LogP contribution in [0.15, 0.2) is 21.1 Å². The van der Waals surface area contributed by atoms with Crippen molar-refractivity contribution in [3.8, 4) is 5.75 Å². The number of hydrogen-bond donors (Lipinski definition) is 2. The van der Waals surface area contributed by atoms with E-state index in [1.54, 1.807) is 7.11 Å². The predicted octanol–water partition coefficient (Wildman–Crippen LogP) is 4.14. The van der Waals surface area contributed by atoms with Crippen LogP contribution in [-0.4, -0.2) is 12.9 Å². The van der Waals surface area contributed by atoms with Crippen LogP contribution in [0.2, 0.25) is 0 Å². The van der Waals surface area contributed by atoms with E-state index in [2.05, 4.69) is 31.9 Å². The number of fused-ring (bicyclic) bond motifs is 1. The quantitative estimate of drug-likeness (QED) is 0.588. The first-order valence-corrected chi connectivity index (χ1v) is 6.74. The fraction of sp³-hybridized carbons (Fsp3) is 0.100. The van der Waals surface area contributed by atoms with E-state index in [1.165, 1.54) is 11.3 Å². The van der Waals surface area contributed by atoms with E-state index in [1.807, 2.05) is 12.1 Å². The molecular formula is C10H9Br2ClN2OS. The van der Waals surface area contributed by atoms with E-state index in [4.69, 9.17) is 15.9 Å². The van der Waals surface area contributed by atoms with Gasteiger partial charge >= 0.3 is 0 Å². The van der Waals surface area contributed by atoms with Gasteiger partial charge in [0.1, 0.15) is 11.6 Å². The smallest absolute Gasteiger partial charge is 0.141 e. The Kier molecular flexibility index (Phi) is 4.83. The third kappa shape index (κ3) is 2.59. The normalized spacial score (nSPS) is 10.1. The molecule has 0 fully saturated rings. The molecule has 0 radical (unpaired) electrons. The minimum atomic E-state index is 0. The molecule has 0 aliphatic carbocycles. The average Bonchev–Trinajstić information content (AvgIpc) is 2.63. The van der Waals surface area contributed by atoms with Crippen LogP contribution in [0.3, 0.4) is 0 Å². The molecule has 0 bridgehead atoms. The number of thiophene rings is 1. The second kappa shape index (κ2) is 5.56. The van der Waals surface area contributed by atoms with Crippen LogP contribution in [0.1, 0.15) is 4.88 Å². The molecule has 92 valence electrons. The molecule has 0 saturated heterocycles.